The van der Waals surface area contributed by atoms with E-state index in [-0.39, 0.29) is 0 Å². The molecule has 1 atom stereocenters. The summed E-state index contributed by atoms with van der Waals surface area (Å²) in [7, 11) is 0. The van der Waals surface area contributed by atoms with Gasteiger partial charge in [-0.25, -0.2) is 0 Å². The maximum Gasteiger partial charge on any atom is 0.0217 e. The van der Waals surface area contributed by atoms with E-state index in [1.54, 1.807) is 5.57 Å². The fourth-order valence-electron chi connectivity index (χ4n) is 6.19. The summed E-state index contributed by atoms with van der Waals surface area (Å²) in [6, 6.07) is 31.7. The molecule has 3 aromatic rings. The molecule has 2 fully saturated rings. The normalized spacial score (nSPS) is 19.1. The summed E-state index contributed by atoms with van der Waals surface area (Å²) < 4.78 is 0. The van der Waals surface area contributed by atoms with Gasteiger partial charge < -0.3 is 10.2 Å². The molecule has 0 aromatic heterocycles. The Morgan fingerprint density at radius 2 is 1.47 bits per heavy atom. The molecule has 38 heavy (non-hydrogen) atoms. The highest BCUT2D eigenvalue weighted by molar-refractivity contribution is 5.57. The molecule has 2 aliphatic heterocycles. The van der Waals surface area contributed by atoms with Gasteiger partial charge in [0.15, 0.2) is 0 Å². The first kappa shape index (κ1) is 26.9. The number of likely N-dealkylation sites (tertiary alicyclic amines) is 2. The predicted molar refractivity (Wildman–Crippen MR) is 161 cm³/mol. The molecule has 0 bridgehead atoms. The van der Waals surface area contributed by atoms with E-state index in [4.69, 9.17) is 0 Å². The fraction of sp³-hybridized carbons (Fsp3) is 0.429. The summed E-state index contributed by atoms with van der Waals surface area (Å²) in [4.78, 5) is 5.31. The van der Waals surface area contributed by atoms with Gasteiger partial charge in [-0.1, -0.05) is 103 Å². The molecule has 1 unspecified atom stereocenters. The summed E-state index contributed by atoms with van der Waals surface area (Å²) in [6.07, 6.45) is 8.90. The smallest absolute Gasteiger partial charge is 0.0217 e. The Kier molecular flexibility index (Phi) is 9.82. The number of rotatable bonds is 10. The summed E-state index contributed by atoms with van der Waals surface area (Å²) in [6.45, 7) is 10.2. The molecule has 2 saturated heterocycles. The van der Waals surface area contributed by atoms with Gasteiger partial charge in [-0.2, -0.15) is 0 Å². The third-order valence-electron chi connectivity index (χ3n) is 8.59. The van der Waals surface area contributed by atoms with Gasteiger partial charge in [0.2, 0.25) is 0 Å². The molecule has 3 aromatic carbocycles. The summed E-state index contributed by atoms with van der Waals surface area (Å²) >= 11 is 0. The minimum atomic E-state index is 0.419. The molecule has 0 amide bonds. The molecular formula is C35H45N3. The minimum absolute atomic E-state index is 0.419. The van der Waals surface area contributed by atoms with Gasteiger partial charge in [-0.3, -0.25) is 4.90 Å². The van der Waals surface area contributed by atoms with Crippen LogP contribution in [0.15, 0.2) is 90.5 Å². The van der Waals surface area contributed by atoms with Crippen molar-refractivity contribution >= 4 is 6.08 Å². The SMILES string of the molecule is CC1CCCCN1CCNCc1ccccc1C=C1CCN(CC(c2ccccc2)c2ccccc2)CC1. The second-order valence-corrected chi connectivity index (χ2v) is 11.2. The maximum absolute atomic E-state index is 3.73. The lowest BCUT2D eigenvalue weighted by Gasteiger charge is -2.33. The van der Waals surface area contributed by atoms with Crippen LogP contribution in [0.5, 0.6) is 0 Å². The highest BCUT2D eigenvalue weighted by Crippen LogP contribution is 2.28. The van der Waals surface area contributed by atoms with Gasteiger partial charge in [-0.15, -0.1) is 0 Å². The van der Waals surface area contributed by atoms with Crippen molar-refractivity contribution in [2.24, 2.45) is 0 Å². The van der Waals surface area contributed by atoms with Crippen molar-refractivity contribution in [1.29, 1.82) is 0 Å². The van der Waals surface area contributed by atoms with Gasteiger partial charge in [0.1, 0.15) is 0 Å². The number of hydrogen-bond acceptors (Lipinski definition) is 3. The number of piperidine rings is 2. The number of benzene rings is 3. The first-order chi connectivity index (χ1) is 18.8. The Balaban J connectivity index is 1.15. The van der Waals surface area contributed by atoms with Gasteiger partial charge in [0, 0.05) is 51.2 Å². The highest BCUT2D eigenvalue weighted by atomic mass is 15.2. The van der Waals surface area contributed by atoms with Crippen LogP contribution in [0.4, 0.5) is 0 Å². The monoisotopic (exact) mass is 507 g/mol. The molecule has 2 aliphatic rings. The van der Waals surface area contributed by atoms with Crippen LogP contribution in [0.1, 0.15) is 67.2 Å². The number of nitrogens with one attached hydrogen (secondary N) is 1. The van der Waals surface area contributed by atoms with Crippen molar-refractivity contribution in [3.63, 3.8) is 0 Å². The van der Waals surface area contributed by atoms with Crippen LogP contribution in [0, 0.1) is 0 Å². The zero-order valence-electron chi connectivity index (χ0n) is 23.2. The Morgan fingerprint density at radius 1 is 0.816 bits per heavy atom. The molecule has 5 rings (SSSR count). The number of nitrogens with zero attached hydrogens (tertiary/aromatic N) is 2. The summed E-state index contributed by atoms with van der Waals surface area (Å²) in [5.74, 6) is 0.419. The van der Waals surface area contributed by atoms with Crippen LogP contribution in [-0.4, -0.2) is 55.1 Å². The Labute approximate surface area is 230 Å². The van der Waals surface area contributed by atoms with Crippen LogP contribution in [-0.2, 0) is 6.54 Å². The molecule has 0 saturated carbocycles. The Bertz CT molecular complexity index is 1090. The fourth-order valence-corrected chi connectivity index (χ4v) is 6.19. The predicted octanol–water partition coefficient (Wildman–Crippen LogP) is 6.96. The van der Waals surface area contributed by atoms with Gasteiger partial charge in [-0.05, 0) is 61.4 Å². The van der Waals surface area contributed by atoms with E-state index in [0.29, 0.717) is 5.92 Å². The van der Waals surface area contributed by atoms with E-state index in [0.717, 1.165) is 58.2 Å². The van der Waals surface area contributed by atoms with Crippen LogP contribution in [0.2, 0.25) is 0 Å². The maximum atomic E-state index is 3.73. The Morgan fingerprint density at radius 3 is 2.16 bits per heavy atom. The lowest BCUT2D eigenvalue weighted by atomic mass is 9.90. The van der Waals surface area contributed by atoms with Crippen LogP contribution in [0.3, 0.4) is 0 Å². The average Bonchev–Trinajstić information content (AvgIpc) is 2.97. The van der Waals surface area contributed by atoms with Crippen LogP contribution in [0.25, 0.3) is 6.08 Å². The van der Waals surface area contributed by atoms with Crippen LogP contribution < -0.4 is 5.32 Å². The molecule has 0 radical (unpaired) electrons. The zero-order chi connectivity index (χ0) is 26.0. The van der Waals surface area contributed by atoms with Crippen molar-refractivity contribution in [2.45, 2.75) is 57.5 Å². The first-order valence-corrected chi connectivity index (χ1v) is 14.8. The third-order valence-corrected chi connectivity index (χ3v) is 8.59. The van der Waals surface area contributed by atoms with Crippen molar-refractivity contribution in [1.82, 2.24) is 15.1 Å². The quantitative estimate of drug-likeness (QED) is 0.299. The van der Waals surface area contributed by atoms with Crippen LogP contribution >= 0.6 is 0 Å². The zero-order valence-corrected chi connectivity index (χ0v) is 23.2. The topological polar surface area (TPSA) is 18.5 Å². The second-order valence-electron chi connectivity index (χ2n) is 11.2. The van der Waals surface area contributed by atoms with E-state index in [1.807, 2.05) is 0 Å². The van der Waals surface area contributed by atoms with E-state index in [9.17, 15) is 0 Å². The molecule has 0 aliphatic carbocycles. The molecular weight excluding hydrogens is 462 g/mol. The summed E-state index contributed by atoms with van der Waals surface area (Å²) in [5.41, 5.74) is 7.22. The summed E-state index contributed by atoms with van der Waals surface area (Å²) in [5, 5.41) is 3.73. The first-order valence-electron chi connectivity index (χ1n) is 14.8. The van der Waals surface area contributed by atoms with Gasteiger partial charge in [0.05, 0.1) is 0 Å². The molecule has 3 nitrogen and oxygen atoms in total. The average molecular weight is 508 g/mol. The highest BCUT2D eigenvalue weighted by Gasteiger charge is 2.21. The van der Waals surface area contributed by atoms with Crippen molar-refractivity contribution in [3.05, 3.63) is 113 Å². The van der Waals surface area contributed by atoms with Crippen molar-refractivity contribution < 1.29 is 0 Å². The lowest BCUT2D eigenvalue weighted by Crippen LogP contribution is -2.41. The lowest BCUT2D eigenvalue weighted by molar-refractivity contribution is 0.161. The molecule has 200 valence electrons. The van der Waals surface area contributed by atoms with Crippen molar-refractivity contribution in [3.8, 4) is 0 Å². The largest absolute Gasteiger partial charge is 0.311 e. The van der Waals surface area contributed by atoms with Crippen molar-refractivity contribution in [2.75, 3.05) is 39.3 Å². The van der Waals surface area contributed by atoms with Gasteiger partial charge >= 0.3 is 0 Å². The Hall–Kier alpha value is -2.72. The van der Waals surface area contributed by atoms with E-state index >= 15 is 0 Å². The molecule has 2 heterocycles. The standard InChI is InChI=1S/C35H45N3/c1-29-12-10-11-22-38(29)25-21-36-27-34-18-9-8-17-33(34)26-30-19-23-37(24-20-30)28-35(31-13-4-2-5-14-31)32-15-6-3-7-16-32/h2-9,13-18,26,29,35-36H,10-12,19-25,27-28H2,1H3. The van der Waals surface area contributed by atoms with E-state index < -0.39 is 0 Å². The minimum Gasteiger partial charge on any atom is -0.311 e. The third kappa shape index (κ3) is 7.44. The van der Waals surface area contributed by atoms with E-state index in [2.05, 4.69) is 113 Å². The second kappa shape index (κ2) is 13.9. The van der Waals surface area contributed by atoms with E-state index in [1.165, 1.54) is 48.1 Å². The van der Waals surface area contributed by atoms with Gasteiger partial charge in [0.25, 0.3) is 0 Å². The molecule has 3 heteroatoms. The molecule has 0 spiro atoms. The number of hydrogen-bond donors (Lipinski definition) is 1. The molecule has 1 N–H and O–H groups in total.